The maximum Gasteiger partial charge on any atom is 0.412 e. The molecule has 0 saturated heterocycles. The first-order chi connectivity index (χ1) is 5.72. The maximum atomic E-state index is 10.6. The summed E-state index contributed by atoms with van der Waals surface area (Å²) in [7, 11) is 1.24. The van der Waals surface area contributed by atoms with Crippen LogP contribution in [0, 0.1) is 0 Å². The lowest BCUT2D eigenvalue weighted by atomic mass is 10.6. The Balaban J connectivity index is 2.71. The molecule has 64 valence electrons. The molecule has 0 unspecified atom stereocenters. The van der Waals surface area contributed by atoms with E-state index in [1.54, 1.807) is 0 Å². The van der Waals surface area contributed by atoms with Crippen molar-refractivity contribution in [2.45, 2.75) is 0 Å². The Labute approximate surface area is 67.6 Å². The van der Waals surface area contributed by atoms with Crippen LogP contribution in [0.25, 0.3) is 0 Å². The van der Waals surface area contributed by atoms with Gasteiger partial charge in [0.25, 0.3) is 5.56 Å². The van der Waals surface area contributed by atoms with Crippen LogP contribution >= 0.6 is 0 Å². The smallest absolute Gasteiger partial charge is 0.412 e. The van der Waals surface area contributed by atoms with E-state index in [1.807, 2.05) is 0 Å². The van der Waals surface area contributed by atoms with Gasteiger partial charge in [0.15, 0.2) is 5.82 Å². The van der Waals surface area contributed by atoms with Gasteiger partial charge in [0.2, 0.25) is 0 Å². The number of H-pyrrole nitrogens is 1. The number of carbonyl (C=O) groups excluding carboxylic acids is 1. The molecule has 0 spiro atoms. The van der Waals surface area contributed by atoms with E-state index >= 15 is 0 Å². The van der Waals surface area contributed by atoms with Crippen molar-refractivity contribution in [2.75, 3.05) is 12.4 Å². The van der Waals surface area contributed by atoms with Crippen molar-refractivity contribution in [1.29, 1.82) is 0 Å². The Kier molecular flexibility index (Phi) is 2.42. The number of methoxy groups -OCH3 is 1. The molecule has 1 aromatic heterocycles. The Morgan fingerprint density at radius 2 is 2.50 bits per heavy atom. The van der Waals surface area contributed by atoms with E-state index < -0.39 is 6.09 Å². The minimum Gasteiger partial charge on any atom is -0.453 e. The van der Waals surface area contributed by atoms with Crippen molar-refractivity contribution in [3.63, 3.8) is 0 Å². The van der Waals surface area contributed by atoms with Crippen LogP contribution in [0.3, 0.4) is 0 Å². The molecule has 0 bridgehead atoms. The van der Waals surface area contributed by atoms with Gasteiger partial charge in [-0.05, 0) is 0 Å². The number of aromatic amines is 1. The fourth-order valence-corrected chi connectivity index (χ4v) is 0.566. The number of nitrogens with zero attached hydrogens (tertiary/aromatic N) is 1. The fourth-order valence-electron chi connectivity index (χ4n) is 0.566. The van der Waals surface area contributed by atoms with Crippen molar-refractivity contribution >= 4 is 11.9 Å². The van der Waals surface area contributed by atoms with Gasteiger partial charge >= 0.3 is 6.09 Å². The Hall–Kier alpha value is -1.85. The number of rotatable bonds is 1. The predicted octanol–water partition coefficient (Wildman–Crippen LogP) is -0.0518. The zero-order valence-corrected chi connectivity index (χ0v) is 6.33. The molecule has 0 aliphatic heterocycles. The summed E-state index contributed by atoms with van der Waals surface area (Å²) in [4.78, 5) is 27.1. The van der Waals surface area contributed by atoms with Gasteiger partial charge in [-0.2, -0.15) is 0 Å². The van der Waals surface area contributed by atoms with Gasteiger partial charge in [0, 0.05) is 6.20 Å². The Morgan fingerprint density at radius 1 is 1.75 bits per heavy atom. The fraction of sp³-hybridized carbons (Fsp3) is 0.167. The minimum atomic E-state index is -0.630. The summed E-state index contributed by atoms with van der Waals surface area (Å²) >= 11 is 0. The van der Waals surface area contributed by atoms with E-state index in [1.165, 1.54) is 13.3 Å². The lowest BCUT2D eigenvalue weighted by Crippen LogP contribution is -2.14. The van der Waals surface area contributed by atoms with Crippen LogP contribution in [0.2, 0.25) is 0 Å². The lowest BCUT2D eigenvalue weighted by molar-refractivity contribution is 0.187. The summed E-state index contributed by atoms with van der Waals surface area (Å²) in [5, 5.41) is 2.28. The van der Waals surface area contributed by atoms with Crippen molar-refractivity contribution in [3.05, 3.63) is 22.7 Å². The summed E-state index contributed by atoms with van der Waals surface area (Å²) in [5.74, 6) is 0.237. The van der Waals surface area contributed by atoms with E-state index in [4.69, 9.17) is 0 Å². The van der Waals surface area contributed by atoms with Crippen LogP contribution in [0.1, 0.15) is 0 Å². The number of carbonyl (C=O) groups is 1. The molecular weight excluding hydrogens is 162 g/mol. The van der Waals surface area contributed by atoms with E-state index in [0.29, 0.717) is 0 Å². The van der Waals surface area contributed by atoms with Crippen LogP contribution in [-0.4, -0.2) is 23.2 Å². The third-order valence-electron chi connectivity index (χ3n) is 1.09. The third kappa shape index (κ3) is 2.08. The average molecular weight is 169 g/mol. The maximum absolute atomic E-state index is 10.6. The average Bonchev–Trinajstić information content (AvgIpc) is 2.09. The number of nitrogens with one attached hydrogen (secondary N) is 2. The first-order valence-corrected chi connectivity index (χ1v) is 3.12. The van der Waals surface area contributed by atoms with E-state index in [9.17, 15) is 9.59 Å². The first kappa shape index (κ1) is 8.25. The summed E-state index contributed by atoms with van der Waals surface area (Å²) < 4.78 is 4.30. The van der Waals surface area contributed by atoms with Crippen LogP contribution < -0.4 is 10.9 Å². The monoisotopic (exact) mass is 169 g/mol. The molecule has 0 radical (unpaired) electrons. The topological polar surface area (TPSA) is 84.1 Å². The van der Waals surface area contributed by atoms with Crippen molar-refractivity contribution < 1.29 is 9.53 Å². The largest absolute Gasteiger partial charge is 0.453 e. The third-order valence-corrected chi connectivity index (χ3v) is 1.09. The zero-order chi connectivity index (χ0) is 8.97. The van der Waals surface area contributed by atoms with E-state index in [0.717, 1.165) is 6.20 Å². The van der Waals surface area contributed by atoms with Gasteiger partial charge in [0.1, 0.15) is 0 Å². The van der Waals surface area contributed by atoms with Crippen molar-refractivity contribution in [1.82, 2.24) is 9.97 Å². The van der Waals surface area contributed by atoms with Crippen LogP contribution in [-0.2, 0) is 4.74 Å². The summed E-state index contributed by atoms with van der Waals surface area (Å²) in [5.41, 5.74) is -0.328. The normalized spacial score (nSPS) is 9.08. The highest BCUT2D eigenvalue weighted by Gasteiger charge is 1.99. The second-order valence-corrected chi connectivity index (χ2v) is 1.91. The van der Waals surface area contributed by atoms with Gasteiger partial charge in [-0.15, -0.1) is 0 Å². The number of ether oxygens (including phenoxy) is 1. The standard InChI is InChI=1S/C6H7N3O3/c1-12-6(11)9-4-2-8-5(10)3-7-4/h2-3H,1H3,(H,8,10)(H,7,9,11). The molecule has 0 atom stereocenters. The highest BCUT2D eigenvalue weighted by atomic mass is 16.5. The summed E-state index contributed by atoms with van der Waals surface area (Å²) in [6.07, 6.45) is 1.71. The van der Waals surface area contributed by atoms with Crippen molar-refractivity contribution in [3.8, 4) is 0 Å². The Bertz CT molecular complexity index is 313. The quantitative estimate of drug-likeness (QED) is 0.617. The molecule has 2 N–H and O–H groups in total. The number of anilines is 1. The van der Waals surface area contributed by atoms with Gasteiger partial charge in [-0.3, -0.25) is 10.1 Å². The van der Waals surface area contributed by atoms with Gasteiger partial charge in [-0.1, -0.05) is 0 Å². The minimum absolute atomic E-state index is 0.237. The highest BCUT2D eigenvalue weighted by molar-refractivity contribution is 5.82. The second kappa shape index (κ2) is 3.51. The summed E-state index contributed by atoms with van der Waals surface area (Å²) in [6.45, 7) is 0. The van der Waals surface area contributed by atoms with E-state index in [-0.39, 0.29) is 11.4 Å². The number of aromatic nitrogens is 2. The number of amides is 1. The van der Waals surface area contributed by atoms with Gasteiger partial charge < -0.3 is 9.72 Å². The molecular formula is C6H7N3O3. The van der Waals surface area contributed by atoms with E-state index in [2.05, 4.69) is 20.0 Å². The molecule has 6 nitrogen and oxygen atoms in total. The molecule has 0 aliphatic rings. The predicted molar refractivity (Wildman–Crippen MR) is 40.9 cm³/mol. The summed E-state index contributed by atoms with van der Waals surface area (Å²) in [6, 6.07) is 0. The molecule has 12 heavy (non-hydrogen) atoms. The van der Waals surface area contributed by atoms with Gasteiger partial charge in [0.05, 0.1) is 13.3 Å². The second-order valence-electron chi connectivity index (χ2n) is 1.91. The number of hydrogen-bond donors (Lipinski definition) is 2. The zero-order valence-electron chi connectivity index (χ0n) is 6.33. The molecule has 0 aromatic carbocycles. The molecule has 6 heteroatoms. The molecule has 0 saturated carbocycles. The van der Waals surface area contributed by atoms with Crippen LogP contribution in [0.4, 0.5) is 10.6 Å². The molecule has 1 rings (SSSR count). The first-order valence-electron chi connectivity index (χ1n) is 3.12. The molecule has 1 amide bonds. The highest BCUT2D eigenvalue weighted by Crippen LogP contribution is 1.94. The van der Waals surface area contributed by atoms with Crippen LogP contribution in [0.15, 0.2) is 17.2 Å². The lowest BCUT2D eigenvalue weighted by Gasteiger charge is -1.99. The Morgan fingerprint density at radius 3 is 3.00 bits per heavy atom. The SMILES string of the molecule is COC(=O)Nc1c[nH]c(=O)cn1. The molecule has 1 aromatic rings. The van der Waals surface area contributed by atoms with Crippen LogP contribution in [0.5, 0.6) is 0 Å². The molecule has 0 fully saturated rings. The van der Waals surface area contributed by atoms with Gasteiger partial charge in [-0.25, -0.2) is 9.78 Å². The molecule has 1 heterocycles. The van der Waals surface area contributed by atoms with Crippen molar-refractivity contribution in [2.24, 2.45) is 0 Å². The molecule has 0 aliphatic carbocycles. The number of hydrogen-bond acceptors (Lipinski definition) is 4.